The number of aryl methyl sites for hydroxylation is 1. The molecular formula is C16H23NO2. The second-order valence-electron chi connectivity index (χ2n) is 5.56. The van der Waals surface area contributed by atoms with Crippen LogP contribution in [0.3, 0.4) is 0 Å². The highest BCUT2D eigenvalue weighted by molar-refractivity contribution is 5.81. The summed E-state index contributed by atoms with van der Waals surface area (Å²) in [5.41, 5.74) is 1.06. The molecule has 2 atom stereocenters. The number of ether oxygens (including phenoxy) is 1. The smallest absolute Gasteiger partial charge is 0.263 e. The minimum Gasteiger partial charge on any atom is -0.481 e. The highest BCUT2D eigenvalue weighted by Crippen LogP contribution is 2.20. The summed E-state index contributed by atoms with van der Waals surface area (Å²) >= 11 is 0. The number of amides is 1. The lowest BCUT2D eigenvalue weighted by molar-refractivity contribution is -0.139. The van der Waals surface area contributed by atoms with Crippen LogP contribution in [0.15, 0.2) is 24.3 Å². The monoisotopic (exact) mass is 261 g/mol. The van der Waals surface area contributed by atoms with E-state index in [-0.39, 0.29) is 5.91 Å². The van der Waals surface area contributed by atoms with Crippen LogP contribution in [-0.2, 0) is 4.79 Å². The molecule has 0 radical (unpaired) electrons. The minimum absolute atomic E-state index is 0.106. The van der Waals surface area contributed by atoms with Gasteiger partial charge in [0.25, 0.3) is 5.91 Å². The Balaban J connectivity index is 1.97. The summed E-state index contributed by atoms with van der Waals surface area (Å²) in [7, 11) is 0. The maximum atomic E-state index is 12.4. The zero-order valence-electron chi connectivity index (χ0n) is 12.1. The van der Waals surface area contributed by atoms with Crippen molar-refractivity contribution in [2.45, 2.75) is 39.7 Å². The first-order valence-corrected chi connectivity index (χ1v) is 7.09. The van der Waals surface area contributed by atoms with Gasteiger partial charge in [0.15, 0.2) is 6.10 Å². The summed E-state index contributed by atoms with van der Waals surface area (Å²) in [5.74, 6) is 1.51. The largest absolute Gasteiger partial charge is 0.481 e. The molecule has 1 saturated heterocycles. The van der Waals surface area contributed by atoms with Gasteiger partial charge in [0.1, 0.15) is 5.75 Å². The Bertz CT molecular complexity index is 444. The maximum Gasteiger partial charge on any atom is 0.263 e. The number of likely N-dealkylation sites (tertiary alicyclic amines) is 1. The third-order valence-corrected chi connectivity index (χ3v) is 3.71. The summed E-state index contributed by atoms with van der Waals surface area (Å²) in [6.07, 6.45) is 1.91. The molecule has 0 spiro atoms. The number of hydrogen-bond acceptors (Lipinski definition) is 2. The van der Waals surface area contributed by atoms with Gasteiger partial charge in [-0.05, 0) is 44.2 Å². The van der Waals surface area contributed by atoms with Crippen LogP contribution >= 0.6 is 0 Å². The summed E-state index contributed by atoms with van der Waals surface area (Å²) in [5, 5.41) is 0. The predicted molar refractivity (Wildman–Crippen MR) is 76.2 cm³/mol. The van der Waals surface area contributed by atoms with E-state index in [0.717, 1.165) is 30.8 Å². The average Bonchev–Trinajstić information content (AvgIpc) is 2.40. The Hall–Kier alpha value is -1.51. The van der Waals surface area contributed by atoms with E-state index in [0.29, 0.717) is 5.92 Å². The van der Waals surface area contributed by atoms with Gasteiger partial charge in [0, 0.05) is 13.1 Å². The van der Waals surface area contributed by atoms with Crippen molar-refractivity contribution < 1.29 is 9.53 Å². The summed E-state index contributed by atoms with van der Waals surface area (Å²) in [6, 6.07) is 7.82. The van der Waals surface area contributed by atoms with Gasteiger partial charge in [-0.25, -0.2) is 0 Å². The number of nitrogens with zero attached hydrogens (tertiary/aromatic N) is 1. The number of carbonyl (C=O) groups excluding carboxylic acids is 1. The van der Waals surface area contributed by atoms with Crippen LogP contribution in [0.25, 0.3) is 0 Å². The van der Waals surface area contributed by atoms with Crippen molar-refractivity contribution in [1.82, 2.24) is 4.90 Å². The fourth-order valence-corrected chi connectivity index (χ4v) is 2.58. The Morgan fingerprint density at radius 2 is 2.16 bits per heavy atom. The second-order valence-corrected chi connectivity index (χ2v) is 5.56. The number of rotatable bonds is 3. The van der Waals surface area contributed by atoms with Gasteiger partial charge in [-0.2, -0.15) is 0 Å². The van der Waals surface area contributed by atoms with Crippen LogP contribution in [0.1, 0.15) is 32.3 Å². The molecule has 0 aliphatic carbocycles. The van der Waals surface area contributed by atoms with E-state index in [1.807, 2.05) is 43.0 Å². The SMILES string of the molecule is Cc1ccccc1O[C@@H](C)C(=O)N1CCC[C@@H](C)C1. The molecule has 3 heteroatoms. The van der Waals surface area contributed by atoms with E-state index in [1.165, 1.54) is 6.42 Å². The Morgan fingerprint density at radius 1 is 1.42 bits per heavy atom. The third-order valence-electron chi connectivity index (χ3n) is 3.71. The molecule has 1 aromatic carbocycles. The molecule has 1 heterocycles. The van der Waals surface area contributed by atoms with Crippen LogP contribution in [0.4, 0.5) is 0 Å². The topological polar surface area (TPSA) is 29.5 Å². The van der Waals surface area contributed by atoms with E-state index in [9.17, 15) is 4.79 Å². The fourth-order valence-electron chi connectivity index (χ4n) is 2.58. The van der Waals surface area contributed by atoms with Crippen molar-refractivity contribution in [3.05, 3.63) is 29.8 Å². The standard InChI is InChI=1S/C16H23NO2/c1-12-7-6-10-17(11-12)16(18)14(3)19-15-9-5-4-8-13(15)2/h4-5,8-9,12,14H,6-7,10-11H2,1-3H3/t12-,14+/m1/s1. The number of piperidine rings is 1. The van der Waals surface area contributed by atoms with Gasteiger partial charge in [-0.3, -0.25) is 4.79 Å². The van der Waals surface area contributed by atoms with Gasteiger partial charge < -0.3 is 9.64 Å². The molecule has 3 nitrogen and oxygen atoms in total. The summed E-state index contributed by atoms with van der Waals surface area (Å²) in [4.78, 5) is 14.3. The summed E-state index contributed by atoms with van der Waals surface area (Å²) in [6.45, 7) is 7.76. The van der Waals surface area contributed by atoms with Crippen LogP contribution in [0.2, 0.25) is 0 Å². The van der Waals surface area contributed by atoms with E-state index in [1.54, 1.807) is 0 Å². The lowest BCUT2D eigenvalue weighted by Crippen LogP contribution is -2.45. The van der Waals surface area contributed by atoms with Crippen molar-refractivity contribution in [3.8, 4) is 5.75 Å². The molecule has 19 heavy (non-hydrogen) atoms. The zero-order chi connectivity index (χ0) is 13.8. The summed E-state index contributed by atoms with van der Waals surface area (Å²) < 4.78 is 5.80. The third kappa shape index (κ3) is 3.49. The number of hydrogen-bond donors (Lipinski definition) is 0. The quantitative estimate of drug-likeness (QED) is 0.837. The Kier molecular flexibility index (Phi) is 4.46. The number of carbonyl (C=O) groups is 1. The fraction of sp³-hybridized carbons (Fsp3) is 0.562. The molecule has 1 amide bonds. The highest BCUT2D eigenvalue weighted by atomic mass is 16.5. The molecule has 1 aliphatic rings. The molecule has 104 valence electrons. The van der Waals surface area contributed by atoms with Crippen molar-refractivity contribution in [3.63, 3.8) is 0 Å². The van der Waals surface area contributed by atoms with Crippen LogP contribution in [0, 0.1) is 12.8 Å². The van der Waals surface area contributed by atoms with Crippen molar-refractivity contribution in [2.75, 3.05) is 13.1 Å². The molecule has 0 N–H and O–H groups in total. The molecule has 1 aliphatic heterocycles. The highest BCUT2D eigenvalue weighted by Gasteiger charge is 2.26. The minimum atomic E-state index is -0.411. The number of para-hydroxylation sites is 1. The van der Waals surface area contributed by atoms with E-state index in [4.69, 9.17) is 4.74 Å². The van der Waals surface area contributed by atoms with Gasteiger partial charge in [-0.1, -0.05) is 25.1 Å². The molecule has 0 saturated carbocycles. The average molecular weight is 261 g/mol. The first kappa shape index (κ1) is 13.9. The van der Waals surface area contributed by atoms with E-state index >= 15 is 0 Å². The van der Waals surface area contributed by atoms with Gasteiger partial charge in [0.05, 0.1) is 0 Å². The number of benzene rings is 1. The molecule has 0 unspecified atom stereocenters. The van der Waals surface area contributed by atoms with Gasteiger partial charge >= 0.3 is 0 Å². The van der Waals surface area contributed by atoms with Crippen molar-refractivity contribution in [2.24, 2.45) is 5.92 Å². The van der Waals surface area contributed by atoms with Crippen LogP contribution < -0.4 is 4.74 Å². The van der Waals surface area contributed by atoms with Gasteiger partial charge in [0.2, 0.25) is 0 Å². The second kappa shape index (κ2) is 6.09. The molecule has 0 bridgehead atoms. The zero-order valence-corrected chi connectivity index (χ0v) is 12.1. The first-order valence-electron chi connectivity index (χ1n) is 7.09. The first-order chi connectivity index (χ1) is 9.08. The lowest BCUT2D eigenvalue weighted by Gasteiger charge is -2.32. The molecule has 2 rings (SSSR count). The van der Waals surface area contributed by atoms with Crippen LogP contribution in [-0.4, -0.2) is 30.0 Å². The molecule has 1 aromatic rings. The predicted octanol–water partition coefficient (Wildman–Crippen LogP) is 3.02. The van der Waals surface area contributed by atoms with Gasteiger partial charge in [-0.15, -0.1) is 0 Å². The van der Waals surface area contributed by atoms with Crippen LogP contribution in [0.5, 0.6) is 5.75 Å². The van der Waals surface area contributed by atoms with E-state index < -0.39 is 6.10 Å². The normalized spacial score (nSPS) is 21.0. The molecule has 0 aromatic heterocycles. The van der Waals surface area contributed by atoms with Crippen molar-refractivity contribution in [1.29, 1.82) is 0 Å². The Labute approximate surface area is 115 Å². The lowest BCUT2D eigenvalue weighted by atomic mass is 10.00. The maximum absolute atomic E-state index is 12.4. The molecular weight excluding hydrogens is 238 g/mol. The van der Waals surface area contributed by atoms with E-state index in [2.05, 4.69) is 6.92 Å². The Morgan fingerprint density at radius 3 is 2.84 bits per heavy atom. The van der Waals surface area contributed by atoms with Crippen molar-refractivity contribution >= 4 is 5.91 Å². The molecule has 1 fully saturated rings.